The molecular weight excluding hydrogens is 240 g/mol. The van der Waals surface area contributed by atoms with E-state index < -0.39 is 0 Å². The van der Waals surface area contributed by atoms with Crippen molar-refractivity contribution < 1.29 is 4.79 Å². The van der Waals surface area contributed by atoms with E-state index in [4.69, 9.17) is 0 Å². The van der Waals surface area contributed by atoms with Gasteiger partial charge in [0.2, 0.25) is 0 Å². The first kappa shape index (κ1) is 13.8. The van der Waals surface area contributed by atoms with Crippen LogP contribution in [0.5, 0.6) is 0 Å². The number of nitrogens with zero attached hydrogens (tertiary/aromatic N) is 2. The van der Waals surface area contributed by atoms with Gasteiger partial charge in [-0.1, -0.05) is 13.3 Å². The summed E-state index contributed by atoms with van der Waals surface area (Å²) in [7, 11) is 0. The van der Waals surface area contributed by atoms with Gasteiger partial charge in [0.05, 0.1) is 0 Å². The average Bonchev–Trinajstić information content (AvgIpc) is 3.18. The fourth-order valence-corrected chi connectivity index (χ4v) is 2.31. The fourth-order valence-electron chi connectivity index (χ4n) is 2.31. The molecule has 2 rings (SSSR count). The van der Waals surface area contributed by atoms with E-state index >= 15 is 0 Å². The molecule has 0 spiro atoms. The largest absolute Gasteiger partial charge is 0.369 e. The molecule has 1 fully saturated rings. The van der Waals surface area contributed by atoms with E-state index in [-0.39, 0.29) is 5.91 Å². The summed E-state index contributed by atoms with van der Waals surface area (Å²) in [6, 6.07) is 3.49. The van der Waals surface area contributed by atoms with E-state index in [1.54, 1.807) is 12.1 Å². The Balaban J connectivity index is 1.86. The van der Waals surface area contributed by atoms with E-state index in [9.17, 15) is 4.79 Å². The van der Waals surface area contributed by atoms with E-state index in [0.29, 0.717) is 16.9 Å². The summed E-state index contributed by atoms with van der Waals surface area (Å²) in [6.45, 7) is 5.73. The van der Waals surface area contributed by atoms with Crippen molar-refractivity contribution in [3.05, 3.63) is 17.8 Å². The Labute approximate surface area is 114 Å². The Morgan fingerprint density at radius 1 is 1.32 bits per heavy atom. The molecule has 0 bridgehead atoms. The van der Waals surface area contributed by atoms with E-state index in [2.05, 4.69) is 27.8 Å². The zero-order chi connectivity index (χ0) is 13.7. The maximum Gasteiger partial charge on any atom is 0.271 e. The van der Waals surface area contributed by atoms with Crippen molar-refractivity contribution in [1.82, 2.24) is 15.5 Å². The Bertz CT molecular complexity index is 426. The fraction of sp³-hybridized carbons (Fsp3) is 0.643. The Morgan fingerprint density at radius 2 is 2.11 bits per heavy atom. The predicted octanol–water partition coefficient (Wildman–Crippen LogP) is 2.22. The van der Waals surface area contributed by atoms with Crippen LogP contribution in [-0.4, -0.2) is 29.2 Å². The van der Waals surface area contributed by atoms with Crippen LogP contribution in [0.3, 0.4) is 0 Å². The van der Waals surface area contributed by atoms with E-state index in [1.165, 1.54) is 25.7 Å². The summed E-state index contributed by atoms with van der Waals surface area (Å²) in [4.78, 5) is 12.0. The monoisotopic (exact) mass is 262 g/mol. The molecule has 1 aliphatic carbocycles. The minimum Gasteiger partial charge on any atom is -0.369 e. The van der Waals surface area contributed by atoms with Crippen LogP contribution in [0.25, 0.3) is 0 Å². The number of carbonyl (C=O) groups excluding carboxylic acids is 1. The van der Waals surface area contributed by atoms with Crippen molar-refractivity contribution in [3.8, 4) is 0 Å². The first-order valence-corrected chi connectivity index (χ1v) is 7.05. The third-order valence-electron chi connectivity index (χ3n) is 3.62. The molecule has 19 heavy (non-hydrogen) atoms. The number of rotatable bonds is 7. The van der Waals surface area contributed by atoms with E-state index in [1.807, 2.05) is 6.92 Å². The van der Waals surface area contributed by atoms with Gasteiger partial charge in [0.1, 0.15) is 5.82 Å². The number of hydrogen-bond acceptors (Lipinski definition) is 4. The lowest BCUT2D eigenvalue weighted by Crippen LogP contribution is -2.31. The second kappa shape index (κ2) is 5.99. The number of anilines is 1. The van der Waals surface area contributed by atoms with Gasteiger partial charge < -0.3 is 10.6 Å². The lowest BCUT2D eigenvalue weighted by Gasteiger charge is -2.14. The minimum atomic E-state index is -0.127. The summed E-state index contributed by atoms with van der Waals surface area (Å²) >= 11 is 0. The summed E-state index contributed by atoms with van der Waals surface area (Å²) in [6.07, 6.45) is 4.82. The minimum absolute atomic E-state index is 0.127. The van der Waals surface area contributed by atoms with Crippen LogP contribution < -0.4 is 10.6 Å². The van der Waals surface area contributed by atoms with Crippen molar-refractivity contribution in [2.24, 2.45) is 5.41 Å². The smallest absolute Gasteiger partial charge is 0.271 e. The molecule has 0 aromatic carbocycles. The van der Waals surface area contributed by atoms with Crippen molar-refractivity contribution in [3.63, 3.8) is 0 Å². The van der Waals surface area contributed by atoms with Gasteiger partial charge in [0.15, 0.2) is 5.69 Å². The zero-order valence-corrected chi connectivity index (χ0v) is 11.7. The maximum atomic E-state index is 12.0. The van der Waals surface area contributed by atoms with Gasteiger partial charge in [0.25, 0.3) is 5.91 Å². The third-order valence-corrected chi connectivity index (χ3v) is 3.62. The Hall–Kier alpha value is -1.65. The van der Waals surface area contributed by atoms with Gasteiger partial charge in [-0.25, -0.2) is 0 Å². The highest BCUT2D eigenvalue weighted by Crippen LogP contribution is 2.48. The molecule has 1 aromatic rings. The number of hydrogen-bond donors (Lipinski definition) is 2. The second-order valence-electron chi connectivity index (χ2n) is 5.27. The molecular formula is C14H22N4O. The van der Waals surface area contributed by atoms with Crippen molar-refractivity contribution in [2.45, 2.75) is 39.5 Å². The third kappa shape index (κ3) is 3.66. The van der Waals surface area contributed by atoms with Gasteiger partial charge in [0, 0.05) is 13.1 Å². The lowest BCUT2D eigenvalue weighted by molar-refractivity contribution is 0.0938. The number of carbonyl (C=O) groups is 1. The zero-order valence-electron chi connectivity index (χ0n) is 11.7. The van der Waals surface area contributed by atoms with Crippen LogP contribution in [0.2, 0.25) is 0 Å². The molecule has 5 heteroatoms. The highest BCUT2D eigenvalue weighted by molar-refractivity contribution is 5.92. The van der Waals surface area contributed by atoms with Gasteiger partial charge in [-0.15, -0.1) is 10.2 Å². The normalized spacial score (nSPS) is 15.9. The molecule has 0 unspecified atom stereocenters. The first-order valence-electron chi connectivity index (χ1n) is 7.05. The average molecular weight is 262 g/mol. The van der Waals surface area contributed by atoms with Crippen LogP contribution in [0.15, 0.2) is 12.1 Å². The summed E-state index contributed by atoms with van der Waals surface area (Å²) in [5.41, 5.74) is 0.746. The van der Waals surface area contributed by atoms with Crippen LogP contribution in [0, 0.1) is 5.41 Å². The molecule has 1 amide bonds. The molecule has 0 radical (unpaired) electrons. The SMILES string of the molecule is CCCC1(CNC(=O)c2ccc(NCC)nn2)CC1. The number of amides is 1. The first-order chi connectivity index (χ1) is 9.19. The molecule has 2 N–H and O–H groups in total. The van der Waals surface area contributed by atoms with Gasteiger partial charge in [-0.05, 0) is 43.7 Å². The lowest BCUT2D eigenvalue weighted by atomic mass is 10.0. The molecule has 1 aromatic heterocycles. The molecule has 0 atom stereocenters. The molecule has 104 valence electrons. The number of nitrogens with one attached hydrogen (secondary N) is 2. The highest BCUT2D eigenvalue weighted by Gasteiger charge is 2.41. The van der Waals surface area contributed by atoms with Crippen molar-refractivity contribution >= 4 is 11.7 Å². The van der Waals surface area contributed by atoms with Crippen molar-refractivity contribution in [1.29, 1.82) is 0 Å². The molecule has 1 aliphatic rings. The maximum absolute atomic E-state index is 12.0. The second-order valence-corrected chi connectivity index (χ2v) is 5.27. The predicted molar refractivity (Wildman–Crippen MR) is 75.1 cm³/mol. The molecule has 0 aliphatic heterocycles. The number of aromatic nitrogens is 2. The van der Waals surface area contributed by atoms with Gasteiger partial charge in [-0.3, -0.25) is 4.79 Å². The van der Waals surface area contributed by atoms with Crippen LogP contribution in [0.1, 0.15) is 50.0 Å². The molecule has 1 heterocycles. The summed E-state index contributed by atoms with van der Waals surface area (Å²) in [5, 5.41) is 13.9. The Kier molecular flexibility index (Phi) is 4.35. The van der Waals surface area contributed by atoms with Crippen molar-refractivity contribution in [2.75, 3.05) is 18.4 Å². The molecule has 1 saturated carbocycles. The Morgan fingerprint density at radius 3 is 2.63 bits per heavy atom. The summed E-state index contributed by atoms with van der Waals surface area (Å²) in [5.74, 6) is 0.571. The summed E-state index contributed by atoms with van der Waals surface area (Å²) < 4.78 is 0. The van der Waals surface area contributed by atoms with Crippen LogP contribution in [-0.2, 0) is 0 Å². The molecule has 5 nitrogen and oxygen atoms in total. The highest BCUT2D eigenvalue weighted by atomic mass is 16.1. The van der Waals surface area contributed by atoms with Gasteiger partial charge in [-0.2, -0.15) is 0 Å². The van der Waals surface area contributed by atoms with Crippen LogP contribution in [0.4, 0.5) is 5.82 Å². The standard InChI is InChI=1S/C14H22N4O/c1-3-7-14(8-9-14)10-16-13(19)11-5-6-12(15-4-2)18-17-11/h5-6H,3-4,7-10H2,1-2H3,(H,15,18)(H,16,19). The van der Waals surface area contributed by atoms with E-state index in [0.717, 1.165) is 13.1 Å². The van der Waals surface area contributed by atoms with Gasteiger partial charge >= 0.3 is 0 Å². The molecule has 0 saturated heterocycles. The van der Waals surface area contributed by atoms with Crippen LogP contribution >= 0.6 is 0 Å². The quantitative estimate of drug-likeness (QED) is 0.790. The topological polar surface area (TPSA) is 66.9 Å².